The lowest BCUT2D eigenvalue weighted by Crippen LogP contribution is -2.34. The van der Waals surface area contributed by atoms with Gasteiger partial charge < -0.3 is 19.4 Å². The Hall–Kier alpha value is -1.43. The highest BCUT2D eigenvalue weighted by atomic mass is 16.5. The summed E-state index contributed by atoms with van der Waals surface area (Å²) in [4.78, 5) is 18.3. The molecule has 5 heteroatoms. The van der Waals surface area contributed by atoms with E-state index in [-0.39, 0.29) is 12.0 Å². The normalized spacial score (nSPS) is 20.4. The molecule has 2 atom stereocenters. The van der Waals surface area contributed by atoms with Crippen molar-refractivity contribution in [3.05, 3.63) is 35.4 Å². The highest BCUT2D eigenvalue weighted by molar-refractivity contribution is 5.94. The van der Waals surface area contributed by atoms with Crippen LogP contribution in [0.15, 0.2) is 24.3 Å². The first-order valence-corrected chi connectivity index (χ1v) is 9.14. The first-order chi connectivity index (χ1) is 11.8. The van der Waals surface area contributed by atoms with E-state index in [1.807, 2.05) is 18.2 Å². The third-order valence-corrected chi connectivity index (χ3v) is 4.68. The molecule has 2 rings (SSSR count). The van der Waals surface area contributed by atoms with E-state index in [1.54, 1.807) is 19.0 Å². The summed E-state index contributed by atoms with van der Waals surface area (Å²) in [6, 6.07) is 7.94. The first-order valence-electron chi connectivity index (χ1n) is 9.14. The molecule has 1 aromatic rings. The summed E-state index contributed by atoms with van der Waals surface area (Å²) in [5, 5.41) is 0. The quantitative estimate of drug-likeness (QED) is 0.720. The Morgan fingerprint density at radius 2 is 1.80 bits per heavy atom. The Bertz CT molecular complexity index is 560. The zero-order valence-corrected chi connectivity index (χ0v) is 16.4. The van der Waals surface area contributed by atoms with Gasteiger partial charge in [-0.15, -0.1) is 0 Å². The van der Waals surface area contributed by atoms with Crippen molar-refractivity contribution in [2.45, 2.75) is 31.5 Å². The van der Waals surface area contributed by atoms with E-state index < -0.39 is 0 Å². The molecule has 1 amide bonds. The van der Waals surface area contributed by atoms with Crippen molar-refractivity contribution in [1.29, 1.82) is 0 Å². The molecule has 0 N–H and O–H groups in total. The molecule has 1 saturated heterocycles. The first kappa shape index (κ1) is 19.9. The SMILES string of the molecule is CN(C)CCN(C)C[C@@H]1CC[C@H](Cc2cccc(C(=O)N(C)C)c2)O1. The van der Waals surface area contributed by atoms with Crippen LogP contribution in [-0.4, -0.2) is 87.7 Å². The van der Waals surface area contributed by atoms with E-state index in [4.69, 9.17) is 4.74 Å². The molecule has 0 unspecified atom stereocenters. The van der Waals surface area contributed by atoms with Gasteiger partial charge in [-0.1, -0.05) is 12.1 Å². The van der Waals surface area contributed by atoms with Crippen LogP contribution in [0.3, 0.4) is 0 Å². The second-order valence-corrected chi connectivity index (χ2v) is 7.63. The Labute approximate surface area is 152 Å². The molecule has 5 nitrogen and oxygen atoms in total. The Balaban J connectivity index is 1.83. The molecule has 0 saturated carbocycles. The predicted molar refractivity (Wildman–Crippen MR) is 102 cm³/mol. The van der Waals surface area contributed by atoms with Gasteiger partial charge in [0.1, 0.15) is 0 Å². The second kappa shape index (κ2) is 9.32. The third kappa shape index (κ3) is 6.42. The van der Waals surface area contributed by atoms with Crippen molar-refractivity contribution < 1.29 is 9.53 Å². The van der Waals surface area contributed by atoms with Crippen molar-refractivity contribution in [2.24, 2.45) is 0 Å². The summed E-state index contributed by atoms with van der Waals surface area (Å²) in [7, 11) is 9.94. The average molecular weight is 348 g/mol. The van der Waals surface area contributed by atoms with Crippen molar-refractivity contribution in [3.8, 4) is 0 Å². The van der Waals surface area contributed by atoms with E-state index in [1.165, 1.54) is 5.56 Å². The summed E-state index contributed by atoms with van der Waals surface area (Å²) in [6.45, 7) is 3.12. The van der Waals surface area contributed by atoms with Gasteiger partial charge in [-0.3, -0.25) is 4.79 Å². The largest absolute Gasteiger partial charge is 0.373 e. The number of carbonyl (C=O) groups excluding carboxylic acids is 1. The number of hydrogen-bond donors (Lipinski definition) is 0. The number of likely N-dealkylation sites (N-methyl/N-ethyl adjacent to an activating group) is 2. The van der Waals surface area contributed by atoms with Gasteiger partial charge in [-0.2, -0.15) is 0 Å². The summed E-state index contributed by atoms with van der Waals surface area (Å²) < 4.78 is 6.24. The van der Waals surface area contributed by atoms with Crippen molar-refractivity contribution in [1.82, 2.24) is 14.7 Å². The molecule has 1 aromatic carbocycles. The monoisotopic (exact) mass is 347 g/mol. The minimum absolute atomic E-state index is 0.0505. The van der Waals surface area contributed by atoms with Gasteiger partial charge >= 0.3 is 0 Å². The Morgan fingerprint density at radius 1 is 1.08 bits per heavy atom. The van der Waals surface area contributed by atoms with Crippen LogP contribution in [0.5, 0.6) is 0 Å². The molecule has 1 heterocycles. The lowest BCUT2D eigenvalue weighted by molar-refractivity contribution is 0.0271. The number of nitrogens with zero attached hydrogens (tertiary/aromatic N) is 3. The Morgan fingerprint density at radius 3 is 2.48 bits per heavy atom. The lowest BCUT2D eigenvalue weighted by atomic mass is 10.0. The summed E-state index contributed by atoms with van der Waals surface area (Å²) >= 11 is 0. The van der Waals surface area contributed by atoms with Crippen LogP contribution >= 0.6 is 0 Å². The van der Waals surface area contributed by atoms with Crippen LogP contribution < -0.4 is 0 Å². The lowest BCUT2D eigenvalue weighted by Gasteiger charge is -2.23. The van der Waals surface area contributed by atoms with E-state index in [0.717, 1.165) is 44.5 Å². The standard InChI is InChI=1S/C20H33N3O2/c1-21(2)11-12-23(5)15-19-10-9-18(25-19)14-16-7-6-8-17(13-16)20(24)22(3)4/h6-8,13,18-19H,9-12,14-15H2,1-5H3/t18-,19+/m1/s1. The van der Waals surface area contributed by atoms with E-state index in [2.05, 4.69) is 37.0 Å². The number of hydrogen-bond acceptors (Lipinski definition) is 4. The zero-order chi connectivity index (χ0) is 18.4. The smallest absolute Gasteiger partial charge is 0.253 e. The van der Waals surface area contributed by atoms with Crippen LogP contribution in [0, 0.1) is 0 Å². The molecule has 1 fully saturated rings. The molecule has 25 heavy (non-hydrogen) atoms. The second-order valence-electron chi connectivity index (χ2n) is 7.63. The third-order valence-electron chi connectivity index (χ3n) is 4.68. The number of carbonyl (C=O) groups is 1. The van der Waals surface area contributed by atoms with Crippen LogP contribution in [0.2, 0.25) is 0 Å². The van der Waals surface area contributed by atoms with Gasteiger partial charge in [-0.25, -0.2) is 0 Å². The van der Waals surface area contributed by atoms with Gasteiger partial charge in [0.2, 0.25) is 0 Å². The number of rotatable bonds is 8. The fourth-order valence-corrected chi connectivity index (χ4v) is 3.23. The molecule has 0 bridgehead atoms. The minimum atomic E-state index is 0.0505. The maximum absolute atomic E-state index is 12.1. The predicted octanol–water partition coefficient (Wildman–Crippen LogP) is 1.97. The Kier molecular flexibility index (Phi) is 7.41. The molecule has 1 aliphatic heterocycles. The minimum Gasteiger partial charge on any atom is -0.373 e. The summed E-state index contributed by atoms with van der Waals surface area (Å²) in [5.74, 6) is 0.0505. The number of amides is 1. The summed E-state index contributed by atoms with van der Waals surface area (Å²) in [5.41, 5.74) is 1.93. The van der Waals surface area contributed by atoms with E-state index in [0.29, 0.717) is 6.10 Å². The van der Waals surface area contributed by atoms with E-state index in [9.17, 15) is 4.79 Å². The molecule has 1 aliphatic rings. The van der Waals surface area contributed by atoms with Crippen LogP contribution in [0.4, 0.5) is 0 Å². The molecule has 0 spiro atoms. The van der Waals surface area contributed by atoms with Gasteiger partial charge in [-0.05, 0) is 58.1 Å². The maximum atomic E-state index is 12.1. The number of ether oxygens (including phenoxy) is 1. The zero-order valence-electron chi connectivity index (χ0n) is 16.4. The molecular weight excluding hydrogens is 314 g/mol. The fraction of sp³-hybridized carbons (Fsp3) is 0.650. The topological polar surface area (TPSA) is 36.0 Å². The van der Waals surface area contributed by atoms with Gasteiger partial charge in [0, 0.05) is 39.3 Å². The van der Waals surface area contributed by atoms with Gasteiger partial charge in [0.05, 0.1) is 12.2 Å². The molecule has 140 valence electrons. The molecule has 0 radical (unpaired) electrons. The average Bonchev–Trinajstić information content (AvgIpc) is 2.99. The van der Waals surface area contributed by atoms with Crippen molar-refractivity contribution in [3.63, 3.8) is 0 Å². The molecular formula is C20H33N3O2. The maximum Gasteiger partial charge on any atom is 0.253 e. The van der Waals surface area contributed by atoms with Crippen LogP contribution in [0.25, 0.3) is 0 Å². The van der Waals surface area contributed by atoms with Gasteiger partial charge in [0.15, 0.2) is 0 Å². The molecule has 0 aliphatic carbocycles. The van der Waals surface area contributed by atoms with Crippen molar-refractivity contribution >= 4 is 5.91 Å². The highest BCUT2D eigenvalue weighted by Crippen LogP contribution is 2.24. The highest BCUT2D eigenvalue weighted by Gasteiger charge is 2.26. The fourth-order valence-electron chi connectivity index (χ4n) is 3.23. The van der Waals surface area contributed by atoms with Crippen LogP contribution in [0.1, 0.15) is 28.8 Å². The van der Waals surface area contributed by atoms with Gasteiger partial charge in [0.25, 0.3) is 5.91 Å². The molecule has 0 aromatic heterocycles. The van der Waals surface area contributed by atoms with Crippen LogP contribution in [-0.2, 0) is 11.2 Å². The van der Waals surface area contributed by atoms with E-state index >= 15 is 0 Å². The summed E-state index contributed by atoms with van der Waals surface area (Å²) in [6.07, 6.45) is 3.68. The van der Waals surface area contributed by atoms with Crippen molar-refractivity contribution in [2.75, 3.05) is 54.9 Å². The number of benzene rings is 1.